The molecule has 0 unspecified atom stereocenters. The van der Waals surface area contributed by atoms with Crippen molar-refractivity contribution >= 4 is 10.8 Å². The van der Waals surface area contributed by atoms with Crippen LogP contribution in [0, 0.1) is 0 Å². The van der Waals surface area contributed by atoms with Crippen LogP contribution in [-0.4, -0.2) is 17.0 Å². The van der Waals surface area contributed by atoms with Gasteiger partial charge in [0.05, 0.1) is 12.5 Å². The molecule has 0 aliphatic heterocycles. The molecule has 2 rings (SSSR count). The largest absolute Gasteiger partial charge is 0.497 e. The lowest BCUT2D eigenvalue weighted by atomic mass is 10.2. The molecule has 1 N–H and O–H groups in total. The van der Waals surface area contributed by atoms with E-state index in [9.17, 15) is 4.79 Å². The number of hydrogen-bond acceptors (Lipinski definition) is 3. The van der Waals surface area contributed by atoms with Gasteiger partial charge in [0, 0.05) is 6.20 Å². The number of rotatable bonds is 1. The topological polar surface area (TPSA) is 51.5 Å². The molecule has 72 valence electrons. The monoisotopic (exact) mass is 191 g/mol. The van der Waals surface area contributed by atoms with E-state index in [0.717, 1.165) is 5.39 Å². The van der Waals surface area contributed by atoms with Crippen molar-refractivity contribution in [3.05, 3.63) is 40.8 Å². The van der Waals surface area contributed by atoms with Crippen LogP contribution in [0.4, 0.5) is 0 Å². The lowest BCUT2D eigenvalue weighted by molar-refractivity contribution is 0.176. The van der Waals surface area contributed by atoms with Crippen molar-refractivity contribution in [2.75, 3.05) is 7.11 Å². The summed E-state index contributed by atoms with van der Waals surface area (Å²) >= 11 is 0. The molecular weight excluding hydrogens is 182 g/mol. The summed E-state index contributed by atoms with van der Waals surface area (Å²) in [6, 6.07) is 6.71. The smallest absolute Gasteiger partial charge is 0.290 e. The molecule has 0 atom stereocenters. The Kier molecular flexibility index (Phi) is 1.89. The number of methoxy groups -OCH3 is 1. The Morgan fingerprint density at radius 3 is 2.86 bits per heavy atom. The summed E-state index contributed by atoms with van der Waals surface area (Å²) in [5, 5.41) is 10.3. The summed E-state index contributed by atoms with van der Waals surface area (Å²) in [5.41, 5.74) is -0.426. The fourth-order valence-electron chi connectivity index (χ4n) is 1.34. The zero-order valence-electron chi connectivity index (χ0n) is 7.60. The fraction of sp³-hybridized carbons (Fsp3) is 0.100. The van der Waals surface area contributed by atoms with Gasteiger partial charge in [0.15, 0.2) is 0 Å². The minimum absolute atomic E-state index is 0.426. The first-order valence-electron chi connectivity index (χ1n) is 4.11. The van der Waals surface area contributed by atoms with Crippen LogP contribution < -0.4 is 10.3 Å². The van der Waals surface area contributed by atoms with Crippen LogP contribution in [0.1, 0.15) is 0 Å². The highest BCUT2D eigenvalue weighted by Crippen LogP contribution is 2.17. The van der Waals surface area contributed by atoms with Gasteiger partial charge in [-0.2, -0.15) is 4.73 Å². The maximum atomic E-state index is 11.4. The van der Waals surface area contributed by atoms with E-state index >= 15 is 0 Å². The van der Waals surface area contributed by atoms with E-state index in [-0.39, 0.29) is 0 Å². The molecule has 1 aromatic carbocycles. The molecule has 1 heterocycles. The Balaban J connectivity index is 2.81. The van der Waals surface area contributed by atoms with E-state index in [1.54, 1.807) is 31.4 Å². The normalized spacial score (nSPS) is 10.4. The van der Waals surface area contributed by atoms with Crippen molar-refractivity contribution in [3.63, 3.8) is 0 Å². The average molecular weight is 191 g/mol. The van der Waals surface area contributed by atoms with Gasteiger partial charge in [-0.3, -0.25) is 4.79 Å². The Morgan fingerprint density at radius 1 is 1.36 bits per heavy atom. The maximum absolute atomic E-state index is 11.4. The van der Waals surface area contributed by atoms with Crippen LogP contribution in [0.3, 0.4) is 0 Å². The zero-order chi connectivity index (χ0) is 10.1. The standard InChI is InChI=1S/C10H9NO3/c1-14-8-2-3-9-7(6-8)4-5-11(13)10(9)12/h2-6,13H,1H3. The molecule has 0 spiro atoms. The van der Waals surface area contributed by atoms with Crippen molar-refractivity contribution in [2.24, 2.45) is 0 Å². The fourth-order valence-corrected chi connectivity index (χ4v) is 1.34. The quantitative estimate of drug-likeness (QED) is 0.690. The van der Waals surface area contributed by atoms with Crippen molar-refractivity contribution in [3.8, 4) is 5.75 Å². The zero-order valence-corrected chi connectivity index (χ0v) is 7.60. The van der Waals surface area contributed by atoms with E-state index in [0.29, 0.717) is 15.9 Å². The molecule has 14 heavy (non-hydrogen) atoms. The summed E-state index contributed by atoms with van der Waals surface area (Å²) in [6.07, 6.45) is 1.31. The van der Waals surface area contributed by atoms with Gasteiger partial charge < -0.3 is 9.94 Å². The molecular formula is C10H9NO3. The third-order valence-corrected chi connectivity index (χ3v) is 2.09. The Morgan fingerprint density at radius 2 is 2.14 bits per heavy atom. The molecule has 1 aromatic heterocycles. The minimum atomic E-state index is -0.426. The second kappa shape index (κ2) is 3.06. The SMILES string of the molecule is COc1ccc2c(=O)n(O)ccc2c1. The minimum Gasteiger partial charge on any atom is -0.497 e. The number of pyridine rings is 1. The highest BCUT2D eigenvalue weighted by atomic mass is 16.5. The molecule has 0 aliphatic rings. The number of benzene rings is 1. The van der Waals surface area contributed by atoms with E-state index in [4.69, 9.17) is 9.94 Å². The molecule has 0 radical (unpaired) electrons. The number of ether oxygens (including phenoxy) is 1. The van der Waals surface area contributed by atoms with Gasteiger partial charge in [-0.15, -0.1) is 0 Å². The van der Waals surface area contributed by atoms with E-state index in [1.807, 2.05) is 0 Å². The predicted molar refractivity (Wildman–Crippen MR) is 51.9 cm³/mol. The van der Waals surface area contributed by atoms with Crippen molar-refractivity contribution < 1.29 is 9.94 Å². The van der Waals surface area contributed by atoms with Crippen LogP contribution in [0.5, 0.6) is 5.75 Å². The Hall–Kier alpha value is -1.97. The first-order valence-corrected chi connectivity index (χ1v) is 4.11. The Labute approximate surface area is 79.9 Å². The van der Waals surface area contributed by atoms with Crippen LogP contribution in [-0.2, 0) is 0 Å². The molecule has 4 nitrogen and oxygen atoms in total. The number of nitrogens with zero attached hydrogens (tertiary/aromatic N) is 1. The van der Waals surface area contributed by atoms with E-state index in [2.05, 4.69) is 0 Å². The Bertz CT molecular complexity index is 530. The summed E-state index contributed by atoms with van der Waals surface area (Å²) < 4.78 is 5.59. The third-order valence-electron chi connectivity index (χ3n) is 2.09. The third kappa shape index (κ3) is 1.21. The first kappa shape index (κ1) is 8.62. The maximum Gasteiger partial charge on any atom is 0.290 e. The van der Waals surface area contributed by atoms with Gasteiger partial charge in [0.25, 0.3) is 5.56 Å². The van der Waals surface area contributed by atoms with Crippen LogP contribution in [0.2, 0.25) is 0 Å². The van der Waals surface area contributed by atoms with Gasteiger partial charge in [0.2, 0.25) is 0 Å². The van der Waals surface area contributed by atoms with Crippen LogP contribution in [0.15, 0.2) is 35.3 Å². The summed E-state index contributed by atoms with van der Waals surface area (Å²) in [4.78, 5) is 11.4. The highest BCUT2D eigenvalue weighted by Gasteiger charge is 2.02. The number of fused-ring (bicyclic) bond motifs is 1. The van der Waals surface area contributed by atoms with E-state index in [1.165, 1.54) is 6.20 Å². The first-order chi connectivity index (χ1) is 6.72. The van der Waals surface area contributed by atoms with Crippen molar-refractivity contribution in [1.29, 1.82) is 0 Å². The second-order valence-electron chi connectivity index (χ2n) is 2.92. The average Bonchev–Trinajstić information content (AvgIpc) is 2.23. The van der Waals surface area contributed by atoms with Crippen LogP contribution in [0.25, 0.3) is 10.8 Å². The van der Waals surface area contributed by atoms with Gasteiger partial charge in [-0.1, -0.05) is 0 Å². The highest BCUT2D eigenvalue weighted by molar-refractivity contribution is 5.82. The molecule has 4 heteroatoms. The summed E-state index contributed by atoms with van der Waals surface area (Å²) in [6.45, 7) is 0. The van der Waals surface area contributed by atoms with Crippen LogP contribution >= 0.6 is 0 Å². The van der Waals surface area contributed by atoms with Gasteiger partial charge in [-0.25, -0.2) is 0 Å². The molecule has 0 bridgehead atoms. The van der Waals surface area contributed by atoms with Crippen molar-refractivity contribution in [2.45, 2.75) is 0 Å². The second-order valence-corrected chi connectivity index (χ2v) is 2.92. The molecule has 0 amide bonds. The number of hydrogen-bond donors (Lipinski definition) is 1. The number of aromatic nitrogens is 1. The molecule has 0 saturated heterocycles. The predicted octanol–water partition coefficient (Wildman–Crippen LogP) is 1.25. The summed E-state index contributed by atoms with van der Waals surface area (Å²) in [5.74, 6) is 0.688. The molecule has 0 aliphatic carbocycles. The van der Waals surface area contributed by atoms with Gasteiger partial charge >= 0.3 is 0 Å². The van der Waals surface area contributed by atoms with Gasteiger partial charge in [-0.05, 0) is 29.7 Å². The van der Waals surface area contributed by atoms with Crippen molar-refractivity contribution in [1.82, 2.24) is 4.73 Å². The molecule has 2 aromatic rings. The lowest BCUT2D eigenvalue weighted by Crippen LogP contribution is -2.16. The molecule has 0 saturated carbocycles. The van der Waals surface area contributed by atoms with E-state index < -0.39 is 5.56 Å². The lowest BCUT2D eigenvalue weighted by Gasteiger charge is -2.02. The van der Waals surface area contributed by atoms with Gasteiger partial charge in [0.1, 0.15) is 5.75 Å². The molecule has 0 fully saturated rings. The summed E-state index contributed by atoms with van der Waals surface area (Å²) in [7, 11) is 1.56.